The lowest BCUT2D eigenvalue weighted by Crippen LogP contribution is -2.42. The SMILES string of the molecule is CCNC(=NCC1CCCO1)NCCNC(=O)c1ccccc1. The van der Waals surface area contributed by atoms with Crippen LogP contribution in [0.4, 0.5) is 0 Å². The van der Waals surface area contributed by atoms with Crippen molar-refractivity contribution in [2.24, 2.45) is 4.99 Å². The summed E-state index contributed by atoms with van der Waals surface area (Å²) in [7, 11) is 0. The van der Waals surface area contributed by atoms with E-state index in [9.17, 15) is 4.79 Å². The molecule has 1 atom stereocenters. The van der Waals surface area contributed by atoms with Crippen LogP contribution in [0.5, 0.6) is 0 Å². The number of carbonyl (C=O) groups is 1. The Morgan fingerprint density at radius 1 is 1.22 bits per heavy atom. The lowest BCUT2D eigenvalue weighted by molar-refractivity contribution is 0.0954. The van der Waals surface area contributed by atoms with Crippen LogP contribution in [0.25, 0.3) is 0 Å². The molecule has 23 heavy (non-hydrogen) atoms. The summed E-state index contributed by atoms with van der Waals surface area (Å²) in [5.41, 5.74) is 0.673. The maximum absolute atomic E-state index is 11.9. The molecule has 0 spiro atoms. The highest BCUT2D eigenvalue weighted by Gasteiger charge is 2.14. The first-order valence-corrected chi connectivity index (χ1v) is 8.26. The molecule has 6 nitrogen and oxygen atoms in total. The van der Waals surface area contributed by atoms with Crippen LogP contribution < -0.4 is 16.0 Å². The number of carbonyl (C=O) groups excluding carboxylic acids is 1. The second-order valence-electron chi connectivity index (χ2n) is 5.40. The molecule has 6 heteroatoms. The molecule has 1 aromatic carbocycles. The van der Waals surface area contributed by atoms with Gasteiger partial charge in [0.1, 0.15) is 0 Å². The van der Waals surface area contributed by atoms with Crippen molar-refractivity contribution in [2.75, 3.05) is 32.8 Å². The van der Waals surface area contributed by atoms with Crippen molar-refractivity contribution in [3.8, 4) is 0 Å². The van der Waals surface area contributed by atoms with Gasteiger partial charge in [0.2, 0.25) is 0 Å². The highest BCUT2D eigenvalue weighted by Crippen LogP contribution is 2.11. The van der Waals surface area contributed by atoms with Gasteiger partial charge < -0.3 is 20.7 Å². The third-order valence-corrected chi connectivity index (χ3v) is 3.56. The number of aliphatic imine (C=N–C) groups is 1. The summed E-state index contributed by atoms with van der Waals surface area (Å²) in [4.78, 5) is 16.4. The molecule has 1 saturated heterocycles. The molecular weight excluding hydrogens is 292 g/mol. The Kier molecular flexibility index (Phi) is 7.39. The molecule has 1 aromatic rings. The first kappa shape index (κ1) is 17.3. The van der Waals surface area contributed by atoms with Gasteiger partial charge in [0.05, 0.1) is 12.6 Å². The summed E-state index contributed by atoms with van der Waals surface area (Å²) in [5.74, 6) is 0.700. The van der Waals surface area contributed by atoms with Crippen molar-refractivity contribution < 1.29 is 9.53 Å². The maximum Gasteiger partial charge on any atom is 0.251 e. The van der Waals surface area contributed by atoms with Crippen molar-refractivity contribution in [1.29, 1.82) is 0 Å². The van der Waals surface area contributed by atoms with Gasteiger partial charge in [-0.25, -0.2) is 0 Å². The van der Waals surface area contributed by atoms with Gasteiger partial charge in [-0.3, -0.25) is 9.79 Å². The van der Waals surface area contributed by atoms with E-state index in [0.29, 0.717) is 25.2 Å². The van der Waals surface area contributed by atoms with Crippen molar-refractivity contribution in [3.05, 3.63) is 35.9 Å². The van der Waals surface area contributed by atoms with E-state index in [1.54, 1.807) is 12.1 Å². The first-order chi connectivity index (χ1) is 11.3. The van der Waals surface area contributed by atoms with E-state index in [2.05, 4.69) is 20.9 Å². The Bertz CT molecular complexity index is 499. The largest absolute Gasteiger partial charge is 0.376 e. The monoisotopic (exact) mass is 318 g/mol. The van der Waals surface area contributed by atoms with Crippen LogP contribution in [-0.4, -0.2) is 50.8 Å². The highest BCUT2D eigenvalue weighted by molar-refractivity contribution is 5.94. The number of hydrogen-bond acceptors (Lipinski definition) is 3. The number of rotatable bonds is 7. The quantitative estimate of drug-likeness (QED) is 0.400. The molecule has 0 aliphatic carbocycles. The van der Waals surface area contributed by atoms with Crippen molar-refractivity contribution in [1.82, 2.24) is 16.0 Å². The Balaban J connectivity index is 1.69. The molecule has 1 aliphatic heterocycles. The standard InChI is InChI=1S/C17H26N4O2/c1-2-18-17(21-13-15-9-6-12-23-15)20-11-10-19-16(22)14-7-4-3-5-8-14/h3-5,7-8,15H,2,6,9-13H2,1H3,(H,19,22)(H2,18,20,21). The van der Waals surface area contributed by atoms with Gasteiger partial charge in [-0.05, 0) is 31.9 Å². The summed E-state index contributed by atoms with van der Waals surface area (Å²) in [6, 6.07) is 9.21. The summed E-state index contributed by atoms with van der Waals surface area (Å²) in [5, 5.41) is 9.30. The van der Waals surface area contributed by atoms with Crippen LogP contribution in [0.2, 0.25) is 0 Å². The molecule has 0 saturated carbocycles. The zero-order valence-electron chi connectivity index (χ0n) is 13.7. The molecule has 0 radical (unpaired) electrons. The minimum absolute atomic E-state index is 0.0614. The zero-order valence-corrected chi connectivity index (χ0v) is 13.7. The van der Waals surface area contributed by atoms with E-state index < -0.39 is 0 Å². The van der Waals surface area contributed by atoms with Gasteiger partial charge in [-0.15, -0.1) is 0 Å². The van der Waals surface area contributed by atoms with E-state index >= 15 is 0 Å². The Morgan fingerprint density at radius 2 is 2.00 bits per heavy atom. The Morgan fingerprint density at radius 3 is 2.70 bits per heavy atom. The van der Waals surface area contributed by atoms with Gasteiger partial charge >= 0.3 is 0 Å². The first-order valence-electron chi connectivity index (χ1n) is 8.26. The normalized spacial score (nSPS) is 17.8. The number of ether oxygens (including phenoxy) is 1. The van der Waals surface area contributed by atoms with Crippen molar-refractivity contribution in [3.63, 3.8) is 0 Å². The molecule has 1 heterocycles. The molecule has 3 N–H and O–H groups in total. The van der Waals surface area contributed by atoms with Gasteiger partial charge in [0.15, 0.2) is 5.96 Å². The average molecular weight is 318 g/mol. The zero-order chi connectivity index (χ0) is 16.3. The predicted octanol–water partition coefficient (Wildman–Crippen LogP) is 1.15. The van der Waals surface area contributed by atoms with E-state index in [1.165, 1.54) is 0 Å². The Hall–Kier alpha value is -2.08. The van der Waals surface area contributed by atoms with Gasteiger partial charge in [-0.2, -0.15) is 0 Å². The topological polar surface area (TPSA) is 74.8 Å². The molecule has 1 amide bonds. The lowest BCUT2D eigenvalue weighted by Gasteiger charge is -2.13. The van der Waals surface area contributed by atoms with Crippen LogP contribution in [0.3, 0.4) is 0 Å². The predicted molar refractivity (Wildman–Crippen MR) is 91.7 cm³/mol. The third-order valence-electron chi connectivity index (χ3n) is 3.56. The van der Waals surface area contributed by atoms with Crippen LogP contribution >= 0.6 is 0 Å². The number of hydrogen-bond donors (Lipinski definition) is 3. The molecule has 0 bridgehead atoms. The molecule has 1 aliphatic rings. The van der Waals surface area contributed by atoms with Crippen LogP contribution in [-0.2, 0) is 4.74 Å². The highest BCUT2D eigenvalue weighted by atomic mass is 16.5. The molecule has 0 aromatic heterocycles. The average Bonchev–Trinajstić information content (AvgIpc) is 3.10. The fourth-order valence-corrected chi connectivity index (χ4v) is 2.37. The number of benzene rings is 1. The van der Waals surface area contributed by atoms with Gasteiger partial charge in [0.25, 0.3) is 5.91 Å². The Labute approximate surface area is 137 Å². The summed E-state index contributed by atoms with van der Waals surface area (Å²) < 4.78 is 5.57. The lowest BCUT2D eigenvalue weighted by atomic mass is 10.2. The van der Waals surface area contributed by atoms with E-state index in [-0.39, 0.29) is 12.0 Å². The van der Waals surface area contributed by atoms with E-state index in [1.807, 2.05) is 25.1 Å². The fraction of sp³-hybridized carbons (Fsp3) is 0.529. The van der Waals surface area contributed by atoms with Crippen molar-refractivity contribution in [2.45, 2.75) is 25.9 Å². The number of nitrogens with one attached hydrogen (secondary N) is 3. The molecule has 2 rings (SSSR count). The second kappa shape index (κ2) is 9.84. The smallest absolute Gasteiger partial charge is 0.251 e. The third kappa shape index (κ3) is 6.28. The number of nitrogens with zero attached hydrogens (tertiary/aromatic N) is 1. The number of guanidine groups is 1. The summed E-state index contributed by atoms with van der Waals surface area (Å²) >= 11 is 0. The molecule has 1 unspecified atom stereocenters. The molecule has 1 fully saturated rings. The van der Waals surface area contributed by atoms with Crippen molar-refractivity contribution >= 4 is 11.9 Å². The molecular formula is C17H26N4O2. The number of amides is 1. The summed E-state index contributed by atoms with van der Waals surface area (Å²) in [6.45, 7) is 5.50. The van der Waals surface area contributed by atoms with Crippen LogP contribution in [0, 0.1) is 0 Å². The minimum Gasteiger partial charge on any atom is -0.376 e. The van der Waals surface area contributed by atoms with E-state index in [0.717, 1.165) is 32.0 Å². The van der Waals surface area contributed by atoms with Crippen LogP contribution in [0.1, 0.15) is 30.1 Å². The fourth-order valence-electron chi connectivity index (χ4n) is 2.37. The van der Waals surface area contributed by atoms with E-state index in [4.69, 9.17) is 4.74 Å². The maximum atomic E-state index is 11.9. The summed E-state index contributed by atoms with van der Waals surface area (Å²) in [6.07, 6.45) is 2.44. The molecule has 126 valence electrons. The van der Waals surface area contributed by atoms with Gasteiger partial charge in [-0.1, -0.05) is 18.2 Å². The second-order valence-corrected chi connectivity index (χ2v) is 5.40. The van der Waals surface area contributed by atoms with Crippen LogP contribution in [0.15, 0.2) is 35.3 Å². The van der Waals surface area contributed by atoms with Gasteiger partial charge in [0, 0.05) is 31.8 Å². The minimum atomic E-state index is -0.0614.